The molecule has 17 heavy (non-hydrogen) atoms. The van der Waals surface area contributed by atoms with E-state index in [4.69, 9.17) is 10.6 Å². The molecule has 0 aliphatic carbocycles. The number of pyridine rings is 1. The van der Waals surface area contributed by atoms with Crippen LogP contribution in [0.2, 0.25) is 0 Å². The van der Waals surface area contributed by atoms with Gasteiger partial charge in [-0.25, -0.2) is 0 Å². The van der Waals surface area contributed by atoms with E-state index in [1.165, 1.54) is 19.3 Å². The second-order valence-corrected chi connectivity index (χ2v) is 4.10. The number of hydrogen-bond donors (Lipinski definition) is 2. The molecule has 4 heteroatoms. The Labute approximate surface area is 104 Å². The van der Waals surface area contributed by atoms with Crippen LogP contribution in [0.1, 0.15) is 51.1 Å². The fourth-order valence-corrected chi connectivity index (χ4v) is 1.82. The molecule has 0 saturated carbocycles. The lowest BCUT2D eigenvalue weighted by Gasteiger charge is -2.16. The number of hydrogen-bond acceptors (Lipinski definition) is 4. The van der Waals surface area contributed by atoms with Crippen molar-refractivity contribution in [1.29, 1.82) is 0 Å². The number of aromatic nitrogens is 1. The SMILES string of the molecule is CCCCCC(NN)c1cncc(OCC)c1. The molecular weight excluding hydrogens is 214 g/mol. The van der Waals surface area contributed by atoms with Gasteiger partial charge in [-0.2, -0.15) is 0 Å². The highest BCUT2D eigenvalue weighted by Gasteiger charge is 2.10. The standard InChI is InChI=1S/C13H23N3O/c1-3-5-6-7-13(16-14)11-8-12(17-4-2)10-15-9-11/h8-10,13,16H,3-7,14H2,1-2H3. The lowest BCUT2D eigenvalue weighted by molar-refractivity contribution is 0.337. The van der Waals surface area contributed by atoms with Crippen LogP contribution in [-0.4, -0.2) is 11.6 Å². The van der Waals surface area contributed by atoms with E-state index in [1.807, 2.05) is 19.2 Å². The summed E-state index contributed by atoms with van der Waals surface area (Å²) in [5, 5.41) is 0. The van der Waals surface area contributed by atoms with Crippen molar-refractivity contribution in [3.63, 3.8) is 0 Å². The Balaban J connectivity index is 2.63. The van der Waals surface area contributed by atoms with Crippen LogP contribution >= 0.6 is 0 Å². The lowest BCUT2D eigenvalue weighted by Crippen LogP contribution is -2.28. The topological polar surface area (TPSA) is 60.2 Å². The van der Waals surface area contributed by atoms with Gasteiger partial charge in [-0.3, -0.25) is 16.3 Å². The van der Waals surface area contributed by atoms with E-state index in [0.717, 1.165) is 17.7 Å². The number of hydrazine groups is 1. The average molecular weight is 237 g/mol. The number of nitrogens with two attached hydrogens (primary N) is 1. The Hall–Kier alpha value is -1.13. The first kappa shape index (κ1) is 13.9. The van der Waals surface area contributed by atoms with Crippen LogP contribution in [0, 0.1) is 0 Å². The fourth-order valence-electron chi connectivity index (χ4n) is 1.82. The van der Waals surface area contributed by atoms with E-state index in [0.29, 0.717) is 6.61 Å². The van der Waals surface area contributed by atoms with Crippen LogP contribution in [-0.2, 0) is 0 Å². The first-order valence-corrected chi connectivity index (χ1v) is 6.35. The average Bonchev–Trinajstić information content (AvgIpc) is 2.35. The highest BCUT2D eigenvalue weighted by atomic mass is 16.5. The monoisotopic (exact) mass is 237 g/mol. The Morgan fingerprint density at radius 3 is 2.82 bits per heavy atom. The second-order valence-electron chi connectivity index (χ2n) is 4.10. The van der Waals surface area contributed by atoms with E-state index in [-0.39, 0.29) is 6.04 Å². The molecule has 0 bridgehead atoms. The Morgan fingerprint density at radius 2 is 2.18 bits per heavy atom. The first-order valence-electron chi connectivity index (χ1n) is 6.35. The predicted molar refractivity (Wildman–Crippen MR) is 69.6 cm³/mol. The van der Waals surface area contributed by atoms with Gasteiger partial charge < -0.3 is 4.74 Å². The summed E-state index contributed by atoms with van der Waals surface area (Å²) in [5.41, 5.74) is 3.94. The third-order valence-electron chi connectivity index (χ3n) is 2.75. The van der Waals surface area contributed by atoms with E-state index in [2.05, 4.69) is 17.3 Å². The van der Waals surface area contributed by atoms with Crippen molar-refractivity contribution < 1.29 is 4.74 Å². The lowest BCUT2D eigenvalue weighted by atomic mass is 10.0. The maximum Gasteiger partial charge on any atom is 0.137 e. The van der Waals surface area contributed by atoms with Crippen LogP contribution in [0.3, 0.4) is 0 Å². The number of unbranched alkanes of at least 4 members (excludes halogenated alkanes) is 2. The molecule has 0 aromatic carbocycles. The molecular formula is C13H23N3O. The van der Waals surface area contributed by atoms with Crippen LogP contribution in [0.25, 0.3) is 0 Å². The van der Waals surface area contributed by atoms with Crippen molar-refractivity contribution in [2.75, 3.05) is 6.61 Å². The normalized spacial score (nSPS) is 12.4. The summed E-state index contributed by atoms with van der Waals surface area (Å²) >= 11 is 0. The van der Waals surface area contributed by atoms with Crippen molar-refractivity contribution in [1.82, 2.24) is 10.4 Å². The molecule has 1 heterocycles. The van der Waals surface area contributed by atoms with Gasteiger partial charge in [0.05, 0.1) is 12.8 Å². The molecule has 0 aliphatic rings. The number of ether oxygens (including phenoxy) is 1. The molecule has 0 spiro atoms. The minimum atomic E-state index is 0.162. The zero-order valence-electron chi connectivity index (χ0n) is 10.8. The summed E-state index contributed by atoms with van der Waals surface area (Å²) in [4.78, 5) is 4.18. The zero-order chi connectivity index (χ0) is 12.5. The van der Waals surface area contributed by atoms with E-state index >= 15 is 0 Å². The smallest absolute Gasteiger partial charge is 0.137 e. The van der Waals surface area contributed by atoms with Crippen LogP contribution in [0.5, 0.6) is 5.75 Å². The van der Waals surface area contributed by atoms with Crippen molar-refractivity contribution in [2.45, 2.75) is 45.6 Å². The van der Waals surface area contributed by atoms with Gasteiger partial charge in [-0.1, -0.05) is 26.2 Å². The highest BCUT2D eigenvalue weighted by molar-refractivity contribution is 5.25. The van der Waals surface area contributed by atoms with E-state index < -0.39 is 0 Å². The molecule has 0 amide bonds. The fraction of sp³-hybridized carbons (Fsp3) is 0.615. The van der Waals surface area contributed by atoms with Gasteiger partial charge in [-0.15, -0.1) is 0 Å². The Bertz CT molecular complexity index is 317. The van der Waals surface area contributed by atoms with Crippen molar-refractivity contribution in [3.05, 3.63) is 24.0 Å². The zero-order valence-corrected chi connectivity index (χ0v) is 10.8. The van der Waals surface area contributed by atoms with Crippen molar-refractivity contribution in [3.8, 4) is 5.75 Å². The summed E-state index contributed by atoms with van der Waals surface area (Å²) in [7, 11) is 0. The van der Waals surface area contributed by atoms with Gasteiger partial charge in [0.2, 0.25) is 0 Å². The van der Waals surface area contributed by atoms with Crippen molar-refractivity contribution >= 4 is 0 Å². The molecule has 1 aromatic rings. The van der Waals surface area contributed by atoms with Crippen LogP contribution in [0.4, 0.5) is 0 Å². The molecule has 0 aliphatic heterocycles. The molecule has 0 radical (unpaired) electrons. The molecule has 0 fully saturated rings. The van der Waals surface area contributed by atoms with Gasteiger partial charge in [0.25, 0.3) is 0 Å². The van der Waals surface area contributed by atoms with Gasteiger partial charge in [0, 0.05) is 12.2 Å². The minimum Gasteiger partial charge on any atom is -0.492 e. The minimum absolute atomic E-state index is 0.162. The number of nitrogens with zero attached hydrogens (tertiary/aromatic N) is 1. The van der Waals surface area contributed by atoms with Gasteiger partial charge in [0.1, 0.15) is 5.75 Å². The third-order valence-corrected chi connectivity index (χ3v) is 2.75. The van der Waals surface area contributed by atoms with Crippen LogP contribution in [0.15, 0.2) is 18.5 Å². The summed E-state index contributed by atoms with van der Waals surface area (Å²) in [6.07, 6.45) is 8.22. The number of rotatable bonds is 8. The molecule has 96 valence electrons. The second kappa shape index (κ2) is 8.03. The summed E-state index contributed by atoms with van der Waals surface area (Å²) < 4.78 is 5.44. The van der Waals surface area contributed by atoms with E-state index in [1.54, 1.807) is 6.20 Å². The molecule has 1 aromatic heterocycles. The molecule has 3 N–H and O–H groups in total. The third kappa shape index (κ3) is 4.71. The maximum atomic E-state index is 5.59. The Morgan fingerprint density at radius 1 is 1.35 bits per heavy atom. The van der Waals surface area contributed by atoms with Gasteiger partial charge in [0.15, 0.2) is 0 Å². The highest BCUT2D eigenvalue weighted by Crippen LogP contribution is 2.21. The van der Waals surface area contributed by atoms with Gasteiger partial charge in [-0.05, 0) is 25.0 Å². The maximum absolute atomic E-state index is 5.59. The summed E-state index contributed by atoms with van der Waals surface area (Å²) in [5.74, 6) is 6.40. The number of nitrogens with one attached hydrogen (secondary N) is 1. The molecule has 0 saturated heterocycles. The van der Waals surface area contributed by atoms with Crippen molar-refractivity contribution in [2.24, 2.45) is 5.84 Å². The van der Waals surface area contributed by atoms with E-state index in [9.17, 15) is 0 Å². The quantitative estimate of drug-likeness (QED) is 0.414. The van der Waals surface area contributed by atoms with Gasteiger partial charge >= 0.3 is 0 Å². The predicted octanol–water partition coefficient (Wildman–Crippen LogP) is 2.57. The largest absolute Gasteiger partial charge is 0.492 e. The Kier molecular flexibility index (Phi) is 6.58. The molecule has 1 atom stereocenters. The molecule has 1 rings (SSSR count). The molecule has 4 nitrogen and oxygen atoms in total. The molecule has 1 unspecified atom stereocenters. The first-order chi connectivity index (χ1) is 8.31. The summed E-state index contributed by atoms with van der Waals surface area (Å²) in [6, 6.07) is 2.17. The van der Waals surface area contributed by atoms with Crippen LogP contribution < -0.4 is 16.0 Å². The summed E-state index contributed by atoms with van der Waals surface area (Å²) in [6.45, 7) is 4.82.